The Labute approximate surface area is 116 Å². The van der Waals surface area contributed by atoms with Crippen molar-refractivity contribution in [2.24, 2.45) is 0 Å². The topological polar surface area (TPSA) is 34.4 Å². The monoisotopic (exact) mass is 317 g/mol. The van der Waals surface area contributed by atoms with Gasteiger partial charge in [-0.25, -0.2) is 0 Å². The number of furan rings is 1. The van der Waals surface area contributed by atoms with E-state index in [2.05, 4.69) is 10.1 Å². The van der Waals surface area contributed by atoms with Crippen molar-refractivity contribution in [2.75, 3.05) is 0 Å². The molecule has 2 rings (SSSR count). The van der Waals surface area contributed by atoms with E-state index in [1.165, 1.54) is 12.3 Å². The number of hydrogen-bond acceptors (Lipinski definition) is 3. The van der Waals surface area contributed by atoms with E-state index in [1.807, 2.05) is 0 Å². The molecule has 1 aliphatic carbocycles. The molecule has 0 amide bonds. The van der Waals surface area contributed by atoms with Gasteiger partial charge in [0.2, 0.25) is 6.10 Å². The van der Waals surface area contributed by atoms with Gasteiger partial charge in [-0.15, -0.1) is 0 Å². The number of rotatable bonds is 6. The summed E-state index contributed by atoms with van der Waals surface area (Å²) in [5, 5.41) is 3.09. The Kier molecular flexibility index (Phi) is 4.52. The molecule has 1 aliphatic rings. The minimum atomic E-state index is -5.52. The molecule has 21 heavy (non-hydrogen) atoms. The van der Waals surface area contributed by atoms with Crippen LogP contribution in [-0.2, 0) is 17.9 Å². The summed E-state index contributed by atoms with van der Waals surface area (Å²) in [6.07, 6.45) is -11.6. The summed E-state index contributed by atoms with van der Waals surface area (Å²) in [6.45, 7) is -0.569. The van der Waals surface area contributed by atoms with Crippen molar-refractivity contribution in [1.29, 1.82) is 0 Å². The normalized spacial score (nSPS) is 16.7. The van der Waals surface area contributed by atoms with Gasteiger partial charge in [0.25, 0.3) is 0 Å². The average molecular weight is 317 g/mol. The standard InChI is InChI=1S/C12H13F6NO2/c13-11(14,15)10(12(16,17)18)21-6-9-7(3-4-20-9)5-19-8-1-2-8/h3-4,8,10,19H,1-2,5-6H2. The molecule has 0 bridgehead atoms. The second-order valence-electron chi connectivity index (χ2n) is 4.80. The Hall–Kier alpha value is -1.22. The molecule has 1 fully saturated rings. The summed E-state index contributed by atoms with van der Waals surface area (Å²) in [7, 11) is 0. The molecule has 0 aromatic carbocycles. The molecule has 0 aliphatic heterocycles. The first-order valence-corrected chi connectivity index (χ1v) is 6.21. The van der Waals surface area contributed by atoms with Gasteiger partial charge in [-0.05, 0) is 18.9 Å². The van der Waals surface area contributed by atoms with Gasteiger partial charge in [0.15, 0.2) is 0 Å². The van der Waals surface area contributed by atoms with Crippen LogP contribution in [0.15, 0.2) is 16.7 Å². The molecule has 1 aromatic rings. The van der Waals surface area contributed by atoms with E-state index >= 15 is 0 Å². The maximum Gasteiger partial charge on any atom is 0.423 e. The number of nitrogens with one attached hydrogen (secondary N) is 1. The first kappa shape index (κ1) is 16.2. The molecular formula is C12H13F6NO2. The van der Waals surface area contributed by atoms with Gasteiger partial charge in [-0.3, -0.25) is 0 Å². The highest BCUT2D eigenvalue weighted by Crippen LogP contribution is 2.36. The number of halogens is 6. The molecular weight excluding hydrogens is 304 g/mol. The largest absolute Gasteiger partial charge is 0.467 e. The Morgan fingerprint density at radius 1 is 1.19 bits per heavy atom. The molecule has 1 N–H and O–H groups in total. The van der Waals surface area contributed by atoms with Crippen LogP contribution in [0.2, 0.25) is 0 Å². The lowest BCUT2D eigenvalue weighted by molar-refractivity contribution is -0.325. The predicted octanol–water partition coefficient (Wildman–Crippen LogP) is 3.54. The first-order chi connectivity index (χ1) is 9.68. The highest BCUT2D eigenvalue weighted by molar-refractivity contribution is 5.16. The minimum absolute atomic E-state index is 0.0401. The molecule has 120 valence electrons. The van der Waals surface area contributed by atoms with Gasteiger partial charge in [-0.1, -0.05) is 0 Å². The Bertz CT molecular complexity index is 449. The molecule has 0 atom stereocenters. The van der Waals surface area contributed by atoms with Gasteiger partial charge in [0.05, 0.1) is 6.26 Å². The zero-order valence-corrected chi connectivity index (χ0v) is 10.7. The third-order valence-electron chi connectivity index (χ3n) is 2.97. The molecule has 0 unspecified atom stereocenters. The number of alkyl halides is 6. The average Bonchev–Trinajstić information content (AvgIpc) is 3.04. The summed E-state index contributed by atoms with van der Waals surface area (Å²) in [6, 6.07) is 1.84. The van der Waals surface area contributed by atoms with Crippen molar-refractivity contribution in [3.63, 3.8) is 0 Å². The molecule has 0 spiro atoms. The predicted molar refractivity (Wildman–Crippen MR) is 59.3 cm³/mol. The molecule has 1 aromatic heterocycles. The van der Waals surface area contributed by atoms with Crippen LogP contribution in [-0.4, -0.2) is 24.5 Å². The number of ether oxygens (including phenoxy) is 1. The second-order valence-corrected chi connectivity index (χ2v) is 4.80. The SMILES string of the molecule is FC(F)(F)C(OCc1occc1CNC1CC1)C(F)(F)F. The van der Waals surface area contributed by atoms with Crippen LogP contribution in [0.4, 0.5) is 26.3 Å². The van der Waals surface area contributed by atoms with Crippen LogP contribution in [0.25, 0.3) is 0 Å². The van der Waals surface area contributed by atoms with Crippen molar-refractivity contribution in [3.8, 4) is 0 Å². The van der Waals surface area contributed by atoms with E-state index in [0.717, 1.165) is 12.8 Å². The van der Waals surface area contributed by atoms with Crippen LogP contribution in [0.1, 0.15) is 24.2 Å². The summed E-state index contributed by atoms with van der Waals surface area (Å²) in [5.41, 5.74) is 0.491. The van der Waals surface area contributed by atoms with Crippen LogP contribution >= 0.6 is 0 Å². The van der Waals surface area contributed by atoms with Crippen LogP contribution in [0.5, 0.6) is 0 Å². The summed E-state index contributed by atoms with van der Waals surface area (Å²) >= 11 is 0. The second kappa shape index (κ2) is 5.88. The molecule has 0 saturated heterocycles. The maximum atomic E-state index is 12.3. The van der Waals surface area contributed by atoms with Gasteiger partial charge in [-0.2, -0.15) is 26.3 Å². The van der Waals surface area contributed by atoms with Crippen molar-refractivity contribution in [3.05, 3.63) is 23.7 Å². The summed E-state index contributed by atoms with van der Waals surface area (Å²) < 4.78 is 82.8. The lowest BCUT2D eigenvalue weighted by Crippen LogP contribution is -2.44. The third-order valence-corrected chi connectivity index (χ3v) is 2.97. The fourth-order valence-corrected chi connectivity index (χ4v) is 1.73. The Balaban J connectivity index is 1.95. The lowest BCUT2D eigenvalue weighted by atomic mass is 10.2. The van der Waals surface area contributed by atoms with Crippen LogP contribution in [0.3, 0.4) is 0 Å². The maximum absolute atomic E-state index is 12.3. The third kappa shape index (κ3) is 4.63. The van der Waals surface area contributed by atoms with E-state index in [0.29, 0.717) is 18.2 Å². The van der Waals surface area contributed by atoms with E-state index in [1.54, 1.807) is 0 Å². The van der Waals surface area contributed by atoms with Crippen LogP contribution < -0.4 is 5.32 Å². The zero-order valence-electron chi connectivity index (χ0n) is 10.7. The lowest BCUT2D eigenvalue weighted by Gasteiger charge is -2.22. The van der Waals surface area contributed by atoms with Crippen LogP contribution in [0, 0.1) is 0 Å². The molecule has 3 nitrogen and oxygen atoms in total. The van der Waals surface area contributed by atoms with Crippen molar-refractivity contribution >= 4 is 0 Å². The van der Waals surface area contributed by atoms with Gasteiger partial charge in [0, 0.05) is 18.2 Å². The van der Waals surface area contributed by atoms with Gasteiger partial charge < -0.3 is 14.5 Å². The zero-order chi connectivity index (χ0) is 15.7. The molecule has 0 radical (unpaired) electrons. The Morgan fingerprint density at radius 2 is 1.81 bits per heavy atom. The quantitative estimate of drug-likeness (QED) is 0.815. The smallest absolute Gasteiger partial charge is 0.423 e. The fraction of sp³-hybridized carbons (Fsp3) is 0.667. The van der Waals surface area contributed by atoms with Crippen molar-refractivity contribution < 1.29 is 35.5 Å². The van der Waals surface area contributed by atoms with Gasteiger partial charge >= 0.3 is 12.4 Å². The van der Waals surface area contributed by atoms with E-state index < -0.39 is 25.1 Å². The highest BCUT2D eigenvalue weighted by Gasteiger charge is 2.58. The van der Waals surface area contributed by atoms with Gasteiger partial charge in [0.1, 0.15) is 12.4 Å². The van der Waals surface area contributed by atoms with E-state index in [4.69, 9.17) is 4.42 Å². The molecule has 1 saturated carbocycles. The van der Waals surface area contributed by atoms with E-state index in [9.17, 15) is 26.3 Å². The van der Waals surface area contributed by atoms with Crippen molar-refractivity contribution in [2.45, 2.75) is 50.5 Å². The summed E-state index contributed by atoms with van der Waals surface area (Å²) in [4.78, 5) is 0. The first-order valence-electron chi connectivity index (χ1n) is 6.21. The minimum Gasteiger partial charge on any atom is -0.467 e. The highest BCUT2D eigenvalue weighted by atomic mass is 19.4. The number of hydrogen-bond donors (Lipinski definition) is 1. The summed E-state index contributed by atoms with van der Waals surface area (Å²) in [5.74, 6) is -0.0401. The molecule has 1 heterocycles. The van der Waals surface area contributed by atoms with E-state index in [-0.39, 0.29) is 5.76 Å². The fourth-order valence-electron chi connectivity index (χ4n) is 1.73. The van der Waals surface area contributed by atoms with Crippen molar-refractivity contribution in [1.82, 2.24) is 5.32 Å². The molecule has 9 heteroatoms. The Morgan fingerprint density at radius 3 is 2.33 bits per heavy atom.